The standard InChI is InChI=1S/C14H23FN2O2S/c1-4-9-17(11-14(2,3)10-16)20(18,19)13-7-5-12(15)6-8-13/h5-8H,4,9-11,16H2,1-3H3. The quantitative estimate of drug-likeness (QED) is 0.840. The molecule has 0 unspecified atom stereocenters. The van der Waals surface area contributed by atoms with Crippen LogP contribution in [0.15, 0.2) is 29.2 Å². The first-order chi connectivity index (χ1) is 9.23. The van der Waals surface area contributed by atoms with Gasteiger partial charge in [-0.3, -0.25) is 0 Å². The molecule has 1 rings (SSSR count). The molecule has 0 aliphatic carbocycles. The summed E-state index contributed by atoms with van der Waals surface area (Å²) in [4.78, 5) is 0.111. The minimum absolute atomic E-state index is 0.111. The number of hydrogen-bond acceptors (Lipinski definition) is 3. The first-order valence-corrected chi connectivity index (χ1v) is 8.13. The second-order valence-electron chi connectivity index (χ2n) is 5.66. The Hall–Kier alpha value is -0.980. The minimum atomic E-state index is -3.61. The molecule has 20 heavy (non-hydrogen) atoms. The zero-order valence-electron chi connectivity index (χ0n) is 12.3. The molecule has 0 aliphatic heterocycles. The van der Waals surface area contributed by atoms with Gasteiger partial charge in [0.25, 0.3) is 0 Å². The van der Waals surface area contributed by atoms with E-state index in [1.807, 2.05) is 20.8 Å². The molecule has 0 spiro atoms. The second-order valence-corrected chi connectivity index (χ2v) is 7.60. The lowest BCUT2D eigenvalue weighted by atomic mass is 9.94. The molecule has 1 aromatic rings. The summed E-state index contributed by atoms with van der Waals surface area (Å²) < 4.78 is 39.5. The van der Waals surface area contributed by atoms with Crippen LogP contribution in [0, 0.1) is 11.2 Å². The maximum Gasteiger partial charge on any atom is 0.243 e. The number of halogens is 1. The Labute approximate surface area is 120 Å². The van der Waals surface area contributed by atoms with Crippen molar-refractivity contribution in [2.45, 2.75) is 32.1 Å². The van der Waals surface area contributed by atoms with Gasteiger partial charge in [0.1, 0.15) is 5.82 Å². The molecule has 0 saturated carbocycles. The Morgan fingerprint density at radius 2 is 1.80 bits per heavy atom. The van der Waals surface area contributed by atoms with Crippen LogP contribution in [0.4, 0.5) is 4.39 Å². The van der Waals surface area contributed by atoms with Gasteiger partial charge in [-0.2, -0.15) is 4.31 Å². The van der Waals surface area contributed by atoms with Crippen molar-refractivity contribution in [2.75, 3.05) is 19.6 Å². The van der Waals surface area contributed by atoms with E-state index in [-0.39, 0.29) is 10.3 Å². The van der Waals surface area contributed by atoms with E-state index in [1.54, 1.807) is 0 Å². The Kier molecular flexibility index (Phi) is 5.68. The van der Waals surface area contributed by atoms with Crippen LogP contribution < -0.4 is 5.73 Å². The maximum absolute atomic E-state index is 12.9. The summed E-state index contributed by atoms with van der Waals surface area (Å²) in [7, 11) is -3.61. The van der Waals surface area contributed by atoms with E-state index in [0.29, 0.717) is 26.1 Å². The highest BCUT2D eigenvalue weighted by molar-refractivity contribution is 7.89. The highest BCUT2D eigenvalue weighted by atomic mass is 32.2. The summed E-state index contributed by atoms with van der Waals surface area (Å²) in [5, 5.41) is 0. The number of nitrogens with zero attached hydrogens (tertiary/aromatic N) is 1. The van der Waals surface area contributed by atoms with Crippen LogP contribution in [0.25, 0.3) is 0 Å². The van der Waals surface area contributed by atoms with Crippen molar-refractivity contribution in [2.24, 2.45) is 11.1 Å². The molecule has 0 fully saturated rings. The van der Waals surface area contributed by atoms with Gasteiger partial charge in [-0.15, -0.1) is 0 Å². The molecule has 0 aromatic heterocycles. The van der Waals surface area contributed by atoms with Gasteiger partial charge in [-0.05, 0) is 42.6 Å². The molecule has 0 atom stereocenters. The van der Waals surface area contributed by atoms with Crippen LogP contribution >= 0.6 is 0 Å². The molecular weight excluding hydrogens is 279 g/mol. The highest BCUT2D eigenvalue weighted by Gasteiger charge is 2.29. The molecule has 0 amide bonds. The van der Waals surface area contributed by atoms with Gasteiger partial charge in [0.05, 0.1) is 4.90 Å². The van der Waals surface area contributed by atoms with Crippen molar-refractivity contribution in [3.8, 4) is 0 Å². The summed E-state index contributed by atoms with van der Waals surface area (Å²) in [6.45, 7) is 6.93. The van der Waals surface area contributed by atoms with Crippen molar-refractivity contribution >= 4 is 10.0 Å². The average molecular weight is 302 g/mol. The molecule has 4 nitrogen and oxygen atoms in total. The lowest BCUT2D eigenvalue weighted by Gasteiger charge is -2.31. The first-order valence-electron chi connectivity index (χ1n) is 6.69. The molecule has 1 aromatic carbocycles. The van der Waals surface area contributed by atoms with E-state index in [1.165, 1.54) is 16.4 Å². The topological polar surface area (TPSA) is 63.4 Å². The summed E-state index contributed by atoms with van der Waals surface area (Å²) in [6, 6.07) is 4.90. The third-order valence-electron chi connectivity index (χ3n) is 3.08. The lowest BCUT2D eigenvalue weighted by Crippen LogP contribution is -2.42. The molecule has 114 valence electrons. The molecule has 0 heterocycles. The van der Waals surface area contributed by atoms with Crippen molar-refractivity contribution in [1.29, 1.82) is 0 Å². The van der Waals surface area contributed by atoms with Crippen molar-refractivity contribution in [3.05, 3.63) is 30.1 Å². The third-order valence-corrected chi connectivity index (χ3v) is 4.94. The van der Waals surface area contributed by atoms with Gasteiger partial charge >= 0.3 is 0 Å². The Balaban J connectivity index is 3.09. The third kappa shape index (κ3) is 4.26. The fourth-order valence-electron chi connectivity index (χ4n) is 1.83. The van der Waals surface area contributed by atoms with Gasteiger partial charge in [0.2, 0.25) is 10.0 Å². The minimum Gasteiger partial charge on any atom is -0.330 e. The largest absolute Gasteiger partial charge is 0.330 e. The Bertz CT molecular complexity index is 527. The lowest BCUT2D eigenvalue weighted by molar-refractivity contribution is 0.266. The van der Waals surface area contributed by atoms with E-state index >= 15 is 0 Å². The SMILES string of the molecule is CCCN(CC(C)(C)CN)S(=O)(=O)c1ccc(F)cc1. The Morgan fingerprint density at radius 1 is 1.25 bits per heavy atom. The molecule has 6 heteroatoms. The first kappa shape index (κ1) is 17.1. The van der Waals surface area contributed by atoms with Crippen molar-refractivity contribution in [3.63, 3.8) is 0 Å². The summed E-state index contributed by atoms with van der Waals surface area (Å²) >= 11 is 0. The zero-order valence-corrected chi connectivity index (χ0v) is 13.1. The van der Waals surface area contributed by atoms with Crippen LogP contribution in [0.1, 0.15) is 27.2 Å². The number of sulfonamides is 1. The van der Waals surface area contributed by atoms with E-state index in [9.17, 15) is 12.8 Å². The fourth-order valence-corrected chi connectivity index (χ4v) is 3.55. The van der Waals surface area contributed by atoms with Crippen LogP contribution in [0.2, 0.25) is 0 Å². The summed E-state index contributed by atoms with van der Waals surface area (Å²) in [5.74, 6) is -0.451. The molecule has 0 aliphatic rings. The smallest absolute Gasteiger partial charge is 0.243 e. The van der Waals surface area contributed by atoms with Gasteiger partial charge in [0, 0.05) is 13.1 Å². The average Bonchev–Trinajstić information content (AvgIpc) is 2.38. The summed E-state index contributed by atoms with van der Waals surface area (Å²) in [6.07, 6.45) is 0.709. The van der Waals surface area contributed by atoms with E-state index in [2.05, 4.69) is 0 Å². The normalized spacial score (nSPS) is 12.9. The number of nitrogens with two attached hydrogens (primary N) is 1. The number of hydrogen-bond donors (Lipinski definition) is 1. The van der Waals surface area contributed by atoms with Crippen molar-refractivity contribution in [1.82, 2.24) is 4.31 Å². The number of rotatable bonds is 7. The van der Waals surface area contributed by atoms with Crippen LogP contribution in [-0.4, -0.2) is 32.4 Å². The Morgan fingerprint density at radius 3 is 2.25 bits per heavy atom. The van der Waals surface area contributed by atoms with Gasteiger partial charge in [0.15, 0.2) is 0 Å². The van der Waals surface area contributed by atoms with Gasteiger partial charge in [-0.1, -0.05) is 20.8 Å². The van der Waals surface area contributed by atoms with Gasteiger partial charge < -0.3 is 5.73 Å². The highest BCUT2D eigenvalue weighted by Crippen LogP contribution is 2.22. The predicted octanol–water partition coefficient (Wildman–Crippen LogP) is 2.21. The monoisotopic (exact) mass is 302 g/mol. The van der Waals surface area contributed by atoms with Gasteiger partial charge in [-0.25, -0.2) is 12.8 Å². The molecular formula is C14H23FN2O2S. The van der Waals surface area contributed by atoms with Crippen molar-refractivity contribution < 1.29 is 12.8 Å². The molecule has 0 radical (unpaired) electrons. The zero-order chi connectivity index (χ0) is 15.4. The number of benzene rings is 1. The van der Waals surface area contributed by atoms with E-state index < -0.39 is 15.8 Å². The molecule has 0 bridgehead atoms. The summed E-state index contributed by atoms with van der Waals surface area (Å²) in [5.41, 5.74) is 5.38. The van der Waals surface area contributed by atoms with Crippen LogP contribution in [-0.2, 0) is 10.0 Å². The van der Waals surface area contributed by atoms with Crippen LogP contribution in [0.3, 0.4) is 0 Å². The van der Waals surface area contributed by atoms with E-state index in [4.69, 9.17) is 5.73 Å². The van der Waals surface area contributed by atoms with Crippen LogP contribution in [0.5, 0.6) is 0 Å². The van der Waals surface area contributed by atoms with E-state index in [0.717, 1.165) is 12.1 Å². The fraction of sp³-hybridized carbons (Fsp3) is 0.571. The molecule has 2 N–H and O–H groups in total. The predicted molar refractivity (Wildman–Crippen MR) is 78.3 cm³/mol. The maximum atomic E-state index is 12.9. The molecule has 0 saturated heterocycles. The second kappa shape index (κ2) is 6.65.